The first kappa shape index (κ1) is 19.3. The van der Waals surface area contributed by atoms with E-state index in [2.05, 4.69) is 119 Å². The summed E-state index contributed by atoms with van der Waals surface area (Å²) in [6, 6.07) is 32.1. The van der Waals surface area contributed by atoms with E-state index in [4.69, 9.17) is 9.26 Å². The summed E-state index contributed by atoms with van der Waals surface area (Å²) >= 11 is 0. The van der Waals surface area contributed by atoms with Crippen molar-refractivity contribution in [3.8, 4) is 0 Å². The second-order valence-corrected chi connectivity index (χ2v) is 13.5. The SMILES string of the molecule is CC1(C)COC(C)(C)P(c2ccccc2)(c2ccccc2)(c2ccccc2)O1. The summed E-state index contributed by atoms with van der Waals surface area (Å²) in [4.78, 5) is 0. The molecule has 1 heterocycles. The van der Waals surface area contributed by atoms with Gasteiger partial charge in [0.15, 0.2) is 0 Å². The van der Waals surface area contributed by atoms with Gasteiger partial charge >= 0.3 is 168 Å². The molecule has 0 amide bonds. The zero-order valence-electron chi connectivity index (χ0n) is 17.1. The molecule has 0 N–H and O–H groups in total. The fourth-order valence-electron chi connectivity index (χ4n) is 4.78. The average molecular weight is 392 g/mol. The molecule has 28 heavy (non-hydrogen) atoms. The first-order chi connectivity index (χ1) is 13.3. The van der Waals surface area contributed by atoms with Crippen molar-refractivity contribution in [3.63, 3.8) is 0 Å². The van der Waals surface area contributed by atoms with Crippen molar-refractivity contribution in [2.24, 2.45) is 0 Å². The molecule has 2 nitrogen and oxygen atoms in total. The summed E-state index contributed by atoms with van der Waals surface area (Å²) in [7, 11) is 0. The van der Waals surface area contributed by atoms with E-state index >= 15 is 0 Å². The maximum absolute atomic E-state index is 7.43. The third kappa shape index (κ3) is 2.45. The Kier molecular flexibility index (Phi) is 4.50. The van der Waals surface area contributed by atoms with Crippen molar-refractivity contribution < 1.29 is 9.26 Å². The Morgan fingerprint density at radius 1 is 0.607 bits per heavy atom. The Balaban J connectivity index is 2.26. The number of hydrogen-bond donors (Lipinski definition) is 0. The van der Waals surface area contributed by atoms with Crippen LogP contribution in [0, 0.1) is 0 Å². The van der Waals surface area contributed by atoms with Gasteiger partial charge in [-0.1, -0.05) is 0 Å². The van der Waals surface area contributed by atoms with E-state index in [1.54, 1.807) is 0 Å². The third-order valence-corrected chi connectivity index (χ3v) is 12.9. The van der Waals surface area contributed by atoms with Crippen LogP contribution in [0.15, 0.2) is 91.0 Å². The van der Waals surface area contributed by atoms with Crippen molar-refractivity contribution >= 4 is 22.7 Å². The van der Waals surface area contributed by atoms with E-state index < -0.39 is 17.8 Å². The van der Waals surface area contributed by atoms with Crippen LogP contribution >= 0.6 is 6.83 Å². The molecule has 0 bridgehead atoms. The van der Waals surface area contributed by atoms with Crippen LogP contribution in [0.4, 0.5) is 0 Å². The molecule has 3 aromatic carbocycles. The quantitative estimate of drug-likeness (QED) is 0.585. The second kappa shape index (κ2) is 6.52. The van der Waals surface area contributed by atoms with Gasteiger partial charge in [-0.3, -0.25) is 0 Å². The minimum atomic E-state index is -3.47. The summed E-state index contributed by atoms with van der Waals surface area (Å²) < 4.78 is 14.1. The molecule has 1 fully saturated rings. The van der Waals surface area contributed by atoms with Crippen LogP contribution in [-0.2, 0) is 9.26 Å². The molecule has 3 aromatic rings. The summed E-state index contributed by atoms with van der Waals surface area (Å²) in [6.07, 6.45) is 0. The van der Waals surface area contributed by atoms with Crippen LogP contribution in [0.1, 0.15) is 27.7 Å². The molecule has 3 heteroatoms. The van der Waals surface area contributed by atoms with Crippen molar-refractivity contribution in [2.75, 3.05) is 6.61 Å². The van der Waals surface area contributed by atoms with Crippen molar-refractivity contribution in [3.05, 3.63) is 91.0 Å². The predicted octanol–water partition coefficient (Wildman–Crippen LogP) is 4.99. The molecule has 146 valence electrons. The van der Waals surface area contributed by atoms with Crippen LogP contribution in [0.25, 0.3) is 0 Å². The molecule has 1 saturated heterocycles. The Labute approximate surface area is 168 Å². The second-order valence-electron chi connectivity index (χ2n) is 8.63. The number of hydrogen-bond acceptors (Lipinski definition) is 2. The third-order valence-electron chi connectivity index (χ3n) is 5.98. The van der Waals surface area contributed by atoms with Gasteiger partial charge in [0.05, 0.1) is 0 Å². The van der Waals surface area contributed by atoms with Crippen molar-refractivity contribution in [1.29, 1.82) is 0 Å². The molecule has 0 aromatic heterocycles. The molecule has 1 aliphatic heterocycles. The summed E-state index contributed by atoms with van der Waals surface area (Å²) in [5.41, 5.74) is -0.422. The van der Waals surface area contributed by atoms with E-state index in [-0.39, 0.29) is 0 Å². The van der Waals surface area contributed by atoms with Crippen LogP contribution in [0.2, 0.25) is 0 Å². The van der Waals surface area contributed by atoms with Gasteiger partial charge < -0.3 is 0 Å². The van der Waals surface area contributed by atoms with Crippen molar-refractivity contribution in [1.82, 2.24) is 0 Å². The molecule has 0 atom stereocenters. The van der Waals surface area contributed by atoms with Gasteiger partial charge in [-0.15, -0.1) is 0 Å². The molecule has 0 radical (unpaired) electrons. The summed E-state index contributed by atoms with van der Waals surface area (Å²) in [5.74, 6) is 0. The van der Waals surface area contributed by atoms with E-state index in [9.17, 15) is 0 Å². The zero-order chi connectivity index (χ0) is 19.9. The zero-order valence-corrected chi connectivity index (χ0v) is 18.0. The van der Waals surface area contributed by atoms with Gasteiger partial charge in [-0.25, -0.2) is 0 Å². The molecule has 0 saturated carbocycles. The van der Waals surface area contributed by atoms with Crippen LogP contribution in [-0.4, -0.2) is 17.6 Å². The molecule has 4 rings (SSSR count). The van der Waals surface area contributed by atoms with Gasteiger partial charge in [-0.2, -0.15) is 0 Å². The minimum absolute atomic E-state index is 0.422. The van der Waals surface area contributed by atoms with Crippen LogP contribution in [0.5, 0.6) is 0 Å². The normalized spacial score (nSPS) is 23.2. The Hall–Kier alpha value is -1.99. The number of rotatable bonds is 3. The van der Waals surface area contributed by atoms with Crippen LogP contribution < -0.4 is 15.9 Å². The van der Waals surface area contributed by atoms with E-state index in [1.165, 1.54) is 15.9 Å². The average Bonchev–Trinajstić information content (AvgIpc) is 2.72. The summed E-state index contributed by atoms with van der Waals surface area (Å²) in [6.45, 7) is 5.77. The first-order valence-corrected chi connectivity index (χ1v) is 12.0. The predicted molar refractivity (Wildman–Crippen MR) is 120 cm³/mol. The van der Waals surface area contributed by atoms with Gasteiger partial charge in [0, 0.05) is 0 Å². The van der Waals surface area contributed by atoms with Crippen molar-refractivity contribution in [2.45, 2.75) is 38.6 Å². The molecule has 0 unspecified atom stereocenters. The van der Waals surface area contributed by atoms with E-state index in [1.807, 2.05) is 0 Å². The number of benzene rings is 3. The molecular formula is C25H29O2P. The maximum atomic E-state index is 7.43. The van der Waals surface area contributed by atoms with E-state index in [0.717, 1.165) is 0 Å². The fraction of sp³-hybridized carbons (Fsp3) is 0.280. The summed E-state index contributed by atoms with van der Waals surface area (Å²) in [5, 5.41) is 3.06. The van der Waals surface area contributed by atoms with Gasteiger partial charge in [0.25, 0.3) is 0 Å². The number of ether oxygens (including phenoxy) is 1. The standard InChI is InChI=1S/C25H29O2P/c1-24(2)20-26-25(3,4)28(27-24,21-14-8-5-9-15-21,22-16-10-6-11-17-22)23-18-12-7-13-19-23/h5-19H,20H2,1-4H3. The first-order valence-electron chi connectivity index (χ1n) is 9.86. The van der Waals surface area contributed by atoms with Gasteiger partial charge in [-0.05, 0) is 0 Å². The molecule has 0 aliphatic carbocycles. The molecular weight excluding hydrogens is 363 g/mol. The Morgan fingerprint density at radius 2 is 0.964 bits per heavy atom. The van der Waals surface area contributed by atoms with E-state index in [0.29, 0.717) is 6.61 Å². The Bertz CT molecular complexity index is 850. The monoisotopic (exact) mass is 392 g/mol. The van der Waals surface area contributed by atoms with Crippen LogP contribution in [0.3, 0.4) is 0 Å². The topological polar surface area (TPSA) is 18.5 Å². The molecule has 0 spiro atoms. The van der Waals surface area contributed by atoms with Gasteiger partial charge in [0.2, 0.25) is 0 Å². The fourth-order valence-corrected chi connectivity index (χ4v) is 11.7. The van der Waals surface area contributed by atoms with Gasteiger partial charge in [0.1, 0.15) is 0 Å². The molecule has 1 aliphatic rings. The Morgan fingerprint density at radius 3 is 1.32 bits per heavy atom.